The Labute approximate surface area is 126 Å². The summed E-state index contributed by atoms with van der Waals surface area (Å²) in [5.41, 5.74) is 2.32. The van der Waals surface area contributed by atoms with E-state index in [1.165, 1.54) is 38.0 Å². The van der Waals surface area contributed by atoms with Gasteiger partial charge in [-0.1, -0.05) is 6.42 Å². The maximum atomic E-state index is 4.37. The second-order valence-electron chi connectivity index (χ2n) is 5.96. The van der Waals surface area contributed by atoms with Gasteiger partial charge in [0.05, 0.1) is 24.4 Å². The molecule has 0 saturated carbocycles. The van der Waals surface area contributed by atoms with Crippen molar-refractivity contribution in [3.63, 3.8) is 0 Å². The molecule has 0 spiro atoms. The first-order valence-electron chi connectivity index (χ1n) is 8.05. The molecule has 3 heterocycles. The molecule has 0 bridgehead atoms. The first-order valence-corrected chi connectivity index (χ1v) is 8.05. The zero-order chi connectivity index (χ0) is 14.7. The highest BCUT2D eigenvalue weighted by Gasteiger charge is 2.18. The van der Waals surface area contributed by atoms with E-state index < -0.39 is 0 Å². The van der Waals surface area contributed by atoms with E-state index in [2.05, 4.69) is 39.6 Å². The van der Waals surface area contributed by atoms with Crippen LogP contribution in [0.5, 0.6) is 0 Å². The summed E-state index contributed by atoms with van der Waals surface area (Å²) in [6.45, 7) is 8.79. The van der Waals surface area contributed by atoms with Crippen LogP contribution >= 0.6 is 0 Å². The lowest BCUT2D eigenvalue weighted by Crippen LogP contribution is -2.39. The summed E-state index contributed by atoms with van der Waals surface area (Å²) < 4.78 is 4.22. The molecule has 1 aliphatic heterocycles. The van der Waals surface area contributed by atoms with Gasteiger partial charge in [-0.15, -0.1) is 0 Å². The van der Waals surface area contributed by atoms with Gasteiger partial charge in [0.15, 0.2) is 0 Å². The summed E-state index contributed by atoms with van der Waals surface area (Å²) in [6, 6.07) is 0.555. The number of aryl methyl sites for hydroxylation is 1. The van der Waals surface area contributed by atoms with Crippen molar-refractivity contribution in [2.45, 2.75) is 52.2 Å². The second-order valence-corrected chi connectivity index (χ2v) is 5.96. The minimum absolute atomic E-state index is 0.555. The maximum Gasteiger partial charge on any atom is 0.0951 e. The third kappa shape index (κ3) is 3.18. The van der Waals surface area contributed by atoms with E-state index in [-0.39, 0.29) is 0 Å². The molecule has 5 nitrogen and oxygen atoms in total. The van der Waals surface area contributed by atoms with Crippen LogP contribution in [0.2, 0.25) is 0 Å². The van der Waals surface area contributed by atoms with Gasteiger partial charge in [-0.25, -0.2) is 4.98 Å². The van der Waals surface area contributed by atoms with Crippen LogP contribution in [0.4, 0.5) is 0 Å². The molecule has 2 aromatic heterocycles. The Balaban J connectivity index is 1.72. The Morgan fingerprint density at radius 2 is 2.00 bits per heavy atom. The number of piperidine rings is 1. The van der Waals surface area contributed by atoms with Crippen molar-refractivity contribution in [2.24, 2.45) is 0 Å². The van der Waals surface area contributed by atoms with Crippen LogP contribution in [0.3, 0.4) is 0 Å². The molecule has 1 aliphatic rings. The van der Waals surface area contributed by atoms with Crippen LogP contribution in [0.25, 0.3) is 11.3 Å². The van der Waals surface area contributed by atoms with Gasteiger partial charge in [0, 0.05) is 30.9 Å². The van der Waals surface area contributed by atoms with Gasteiger partial charge >= 0.3 is 0 Å². The van der Waals surface area contributed by atoms with E-state index in [4.69, 9.17) is 0 Å². The highest BCUT2D eigenvalue weighted by Crippen LogP contribution is 2.20. The van der Waals surface area contributed by atoms with Crippen molar-refractivity contribution in [1.29, 1.82) is 0 Å². The largest absolute Gasteiger partial charge is 0.329 e. The molecule has 1 fully saturated rings. The molecular weight excluding hydrogens is 262 g/mol. The Morgan fingerprint density at radius 3 is 2.71 bits per heavy atom. The maximum absolute atomic E-state index is 4.37. The van der Waals surface area contributed by atoms with Crippen molar-refractivity contribution >= 4 is 0 Å². The fourth-order valence-corrected chi connectivity index (χ4v) is 3.13. The Bertz CT molecular complexity index is 565. The molecule has 0 N–H and O–H groups in total. The molecule has 0 aliphatic carbocycles. The zero-order valence-electron chi connectivity index (χ0n) is 13.1. The molecule has 0 amide bonds. The number of hydrogen-bond donors (Lipinski definition) is 0. The van der Waals surface area contributed by atoms with E-state index in [0.717, 1.165) is 18.7 Å². The zero-order valence-corrected chi connectivity index (χ0v) is 13.1. The van der Waals surface area contributed by atoms with Crippen LogP contribution < -0.4 is 0 Å². The number of nitrogens with zero attached hydrogens (tertiary/aromatic N) is 5. The van der Waals surface area contributed by atoms with Crippen LogP contribution in [0.15, 0.2) is 24.9 Å². The lowest BCUT2D eigenvalue weighted by molar-refractivity contribution is 0.160. The highest BCUT2D eigenvalue weighted by molar-refractivity contribution is 5.56. The van der Waals surface area contributed by atoms with E-state index in [9.17, 15) is 0 Å². The normalized spacial score (nSPS) is 18.0. The second kappa shape index (κ2) is 6.43. The van der Waals surface area contributed by atoms with Gasteiger partial charge in [0.2, 0.25) is 0 Å². The minimum Gasteiger partial charge on any atom is -0.329 e. The van der Waals surface area contributed by atoms with Crippen molar-refractivity contribution in [3.8, 4) is 11.3 Å². The number of likely N-dealkylation sites (tertiary alicyclic amines) is 1. The first-order chi connectivity index (χ1) is 10.3. The molecule has 2 aromatic rings. The Hall–Kier alpha value is -1.62. The van der Waals surface area contributed by atoms with Crippen LogP contribution in [0, 0.1) is 0 Å². The lowest BCUT2D eigenvalue weighted by Gasteiger charge is -2.32. The summed E-state index contributed by atoms with van der Waals surface area (Å²) in [7, 11) is 0. The predicted octanol–water partition coefficient (Wildman–Crippen LogP) is 2.64. The fourth-order valence-electron chi connectivity index (χ4n) is 3.13. The molecule has 1 saturated heterocycles. The SMILES string of the molecule is CCn1cc(-c2cncn2C[C@@H](C)N2CCCCC2)cn1. The number of aromatic nitrogens is 4. The van der Waals surface area contributed by atoms with Gasteiger partial charge in [-0.2, -0.15) is 5.10 Å². The van der Waals surface area contributed by atoms with Gasteiger partial charge < -0.3 is 4.57 Å². The Kier molecular flexibility index (Phi) is 4.39. The molecule has 5 heteroatoms. The molecule has 3 rings (SSSR count). The molecule has 21 heavy (non-hydrogen) atoms. The number of rotatable bonds is 5. The Morgan fingerprint density at radius 1 is 1.19 bits per heavy atom. The van der Waals surface area contributed by atoms with E-state index in [1.807, 2.05) is 23.4 Å². The quantitative estimate of drug-likeness (QED) is 0.848. The van der Waals surface area contributed by atoms with Crippen LogP contribution in [-0.2, 0) is 13.1 Å². The van der Waals surface area contributed by atoms with E-state index in [0.29, 0.717) is 6.04 Å². The summed E-state index contributed by atoms with van der Waals surface area (Å²) in [5.74, 6) is 0. The van der Waals surface area contributed by atoms with Gasteiger partial charge in [-0.05, 0) is 39.8 Å². The standard InChI is InChI=1S/C16H25N5/c1-3-21-12-15(9-18-21)16-10-17-13-20(16)11-14(2)19-7-5-4-6-8-19/h9-10,12-14H,3-8,11H2,1-2H3/t14-/m1/s1. The third-order valence-corrected chi connectivity index (χ3v) is 4.44. The molecule has 0 radical (unpaired) electrons. The van der Waals surface area contributed by atoms with Crippen molar-refractivity contribution in [3.05, 3.63) is 24.9 Å². The molecular formula is C16H25N5. The third-order valence-electron chi connectivity index (χ3n) is 4.44. The monoisotopic (exact) mass is 287 g/mol. The fraction of sp³-hybridized carbons (Fsp3) is 0.625. The van der Waals surface area contributed by atoms with Gasteiger partial charge in [0.25, 0.3) is 0 Å². The number of hydrogen-bond acceptors (Lipinski definition) is 3. The molecule has 114 valence electrons. The summed E-state index contributed by atoms with van der Waals surface area (Å²) in [6.07, 6.45) is 12.0. The average Bonchev–Trinajstić information content (AvgIpc) is 3.16. The summed E-state index contributed by atoms with van der Waals surface area (Å²) in [5, 5.41) is 4.37. The van der Waals surface area contributed by atoms with Gasteiger partial charge in [-0.3, -0.25) is 9.58 Å². The minimum atomic E-state index is 0.555. The van der Waals surface area contributed by atoms with Gasteiger partial charge in [0.1, 0.15) is 0 Å². The highest BCUT2D eigenvalue weighted by atomic mass is 15.3. The van der Waals surface area contributed by atoms with Crippen molar-refractivity contribution < 1.29 is 0 Å². The predicted molar refractivity (Wildman–Crippen MR) is 84.0 cm³/mol. The summed E-state index contributed by atoms with van der Waals surface area (Å²) in [4.78, 5) is 6.94. The summed E-state index contributed by atoms with van der Waals surface area (Å²) >= 11 is 0. The molecule has 0 aromatic carbocycles. The van der Waals surface area contributed by atoms with Crippen LogP contribution in [0.1, 0.15) is 33.1 Å². The molecule has 1 atom stereocenters. The first kappa shape index (κ1) is 14.3. The average molecular weight is 287 g/mol. The smallest absolute Gasteiger partial charge is 0.0951 e. The lowest BCUT2D eigenvalue weighted by atomic mass is 10.1. The topological polar surface area (TPSA) is 38.9 Å². The van der Waals surface area contributed by atoms with E-state index in [1.54, 1.807) is 0 Å². The van der Waals surface area contributed by atoms with Crippen molar-refractivity contribution in [2.75, 3.05) is 13.1 Å². The van der Waals surface area contributed by atoms with Crippen LogP contribution in [-0.4, -0.2) is 43.4 Å². The van der Waals surface area contributed by atoms with E-state index >= 15 is 0 Å². The van der Waals surface area contributed by atoms with Crippen molar-refractivity contribution in [1.82, 2.24) is 24.2 Å². The molecule has 0 unspecified atom stereocenters. The number of imidazole rings is 1.